The maximum Gasteiger partial charge on any atom is 0.120 e. The molecule has 0 bridgehead atoms. The molecule has 0 heterocycles. The number of aldehydes is 1. The Morgan fingerprint density at radius 2 is 1.61 bits per heavy atom. The summed E-state index contributed by atoms with van der Waals surface area (Å²) < 4.78 is 0. The summed E-state index contributed by atoms with van der Waals surface area (Å²) in [6.45, 7) is 0.828. The van der Waals surface area contributed by atoms with E-state index in [1.54, 1.807) is 0 Å². The molecule has 0 saturated heterocycles. The van der Waals surface area contributed by atoms with Gasteiger partial charge < -0.3 is 10.1 Å². The fourth-order valence-electron chi connectivity index (χ4n) is 1.81. The second-order valence-electron chi connectivity index (χ2n) is 4.24. The van der Waals surface area contributed by atoms with Crippen LogP contribution in [-0.2, 0) is 17.8 Å². The highest BCUT2D eigenvalue weighted by atomic mass is 16.1. The highest BCUT2D eigenvalue weighted by Gasteiger charge is 1.95. The van der Waals surface area contributed by atoms with Crippen LogP contribution in [0.4, 0.5) is 5.69 Å². The van der Waals surface area contributed by atoms with E-state index in [4.69, 9.17) is 0 Å². The first-order chi connectivity index (χ1) is 8.88. The van der Waals surface area contributed by atoms with Crippen molar-refractivity contribution in [2.24, 2.45) is 0 Å². The van der Waals surface area contributed by atoms with Crippen LogP contribution in [0.3, 0.4) is 0 Å². The van der Waals surface area contributed by atoms with E-state index in [0.29, 0.717) is 6.42 Å². The zero-order chi connectivity index (χ0) is 12.6. The van der Waals surface area contributed by atoms with Crippen molar-refractivity contribution in [2.75, 3.05) is 5.32 Å². The van der Waals surface area contributed by atoms with Gasteiger partial charge in [-0.1, -0.05) is 42.5 Å². The molecular formula is C16H17NO. The summed E-state index contributed by atoms with van der Waals surface area (Å²) in [5.74, 6) is 0. The zero-order valence-corrected chi connectivity index (χ0v) is 10.3. The number of aryl methyl sites for hydroxylation is 1. The molecule has 92 valence electrons. The van der Waals surface area contributed by atoms with Crippen LogP contribution in [0.2, 0.25) is 0 Å². The molecule has 18 heavy (non-hydrogen) atoms. The van der Waals surface area contributed by atoms with Crippen molar-refractivity contribution in [1.82, 2.24) is 0 Å². The molecule has 0 amide bonds. The van der Waals surface area contributed by atoms with Gasteiger partial charge in [0.25, 0.3) is 0 Å². The Morgan fingerprint density at radius 1 is 0.889 bits per heavy atom. The Balaban J connectivity index is 1.88. The maximum atomic E-state index is 10.3. The van der Waals surface area contributed by atoms with Crippen molar-refractivity contribution in [3.05, 3.63) is 65.7 Å². The number of nitrogens with one attached hydrogen (secondary N) is 1. The Kier molecular flexibility index (Phi) is 4.53. The van der Waals surface area contributed by atoms with E-state index in [0.717, 1.165) is 24.9 Å². The number of carbonyl (C=O) groups is 1. The monoisotopic (exact) mass is 239 g/mol. The molecule has 0 fully saturated rings. The Labute approximate surface area is 108 Å². The number of hydrogen-bond acceptors (Lipinski definition) is 2. The molecule has 2 aromatic carbocycles. The van der Waals surface area contributed by atoms with Gasteiger partial charge in [0.1, 0.15) is 6.29 Å². The van der Waals surface area contributed by atoms with Gasteiger partial charge in [0.2, 0.25) is 0 Å². The van der Waals surface area contributed by atoms with Crippen molar-refractivity contribution >= 4 is 12.0 Å². The molecule has 0 spiro atoms. The minimum absolute atomic E-state index is 0.594. The third-order valence-corrected chi connectivity index (χ3v) is 2.84. The second kappa shape index (κ2) is 6.60. The average Bonchev–Trinajstić information content (AvgIpc) is 2.45. The summed E-state index contributed by atoms with van der Waals surface area (Å²) in [4.78, 5) is 10.3. The van der Waals surface area contributed by atoms with Gasteiger partial charge >= 0.3 is 0 Å². The molecule has 0 saturated carbocycles. The van der Waals surface area contributed by atoms with Crippen molar-refractivity contribution < 1.29 is 4.79 Å². The summed E-state index contributed by atoms with van der Waals surface area (Å²) in [7, 11) is 0. The number of anilines is 1. The van der Waals surface area contributed by atoms with E-state index in [2.05, 4.69) is 41.7 Å². The Morgan fingerprint density at radius 3 is 2.28 bits per heavy atom. The van der Waals surface area contributed by atoms with Crippen LogP contribution in [0.5, 0.6) is 0 Å². The largest absolute Gasteiger partial charge is 0.381 e. The van der Waals surface area contributed by atoms with Crippen LogP contribution < -0.4 is 5.32 Å². The summed E-state index contributed by atoms with van der Waals surface area (Å²) in [6.07, 6.45) is 2.38. The summed E-state index contributed by atoms with van der Waals surface area (Å²) in [5.41, 5.74) is 3.57. The van der Waals surface area contributed by atoms with Crippen LogP contribution in [0, 0.1) is 0 Å². The Bertz CT molecular complexity index is 476. The fraction of sp³-hybridized carbons (Fsp3) is 0.188. The lowest BCUT2D eigenvalue weighted by atomic mass is 10.1. The molecule has 2 rings (SSSR count). The first-order valence-electron chi connectivity index (χ1n) is 6.19. The smallest absolute Gasteiger partial charge is 0.120 e. The van der Waals surface area contributed by atoms with Crippen molar-refractivity contribution in [1.29, 1.82) is 0 Å². The van der Waals surface area contributed by atoms with E-state index in [9.17, 15) is 4.79 Å². The third-order valence-electron chi connectivity index (χ3n) is 2.84. The SMILES string of the molecule is O=CCCc1ccc(NCc2ccccc2)cc1. The first kappa shape index (κ1) is 12.4. The van der Waals surface area contributed by atoms with Crippen molar-refractivity contribution in [3.63, 3.8) is 0 Å². The minimum atomic E-state index is 0.594. The number of hydrogen-bond donors (Lipinski definition) is 1. The Hall–Kier alpha value is -2.09. The molecular weight excluding hydrogens is 222 g/mol. The van der Waals surface area contributed by atoms with Gasteiger partial charge in [-0.25, -0.2) is 0 Å². The summed E-state index contributed by atoms with van der Waals surface area (Å²) >= 11 is 0. The standard InChI is InChI=1S/C16H17NO/c18-12-4-7-14-8-10-16(11-9-14)17-13-15-5-2-1-3-6-15/h1-3,5-6,8-12,17H,4,7,13H2. The molecule has 0 unspecified atom stereocenters. The maximum absolute atomic E-state index is 10.3. The molecule has 0 aliphatic carbocycles. The highest BCUT2D eigenvalue weighted by Crippen LogP contribution is 2.12. The van der Waals surface area contributed by atoms with Gasteiger partial charge in [-0.3, -0.25) is 0 Å². The topological polar surface area (TPSA) is 29.1 Å². The first-order valence-corrected chi connectivity index (χ1v) is 6.19. The second-order valence-corrected chi connectivity index (χ2v) is 4.24. The lowest BCUT2D eigenvalue weighted by molar-refractivity contribution is -0.107. The van der Waals surface area contributed by atoms with E-state index < -0.39 is 0 Å². The van der Waals surface area contributed by atoms with E-state index >= 15 is 0 Å². The van der Waals surface area contributed by atoms with E-state index in [1.807, 2.05) is 18.2 Å². The molecule has 1 N–H and O–H groups in total. The van der Waals surface area contributed by atoms with Crippen LogP contribution in [0.15, 0.2) is 54.6 Å². The van der Waals surface area contributed by atoms with Crippen molar-refractivity contribution in [2.45, 2.75) is 19.4 Å². The zero-order valence-electron chi connectivity index (χ0n) is 10.3. The number of benzene rings is 2. The highest BCUT2D eigenvalue weighted by molar-refractivity contribution is 5.51. The summed E-state index contributed by atoms with van der Waals surface area (Å²) in [5, 5.41) is 3.37. The van der Waals surface area contributed by atoms with Gasteiger partial charge in [0, 0.05) is 18.7 Å². The molecule has 0 atom stereocenters. The average molecular weight is 239 g/mol. The van der Waals surface area contributed by atoms with Crippen LogP contribution in [0.25, 0.3) is 0 Å². The predicted molar refractivity (Wildman–Crippen MR) is 74.6 cm³/mol. The van der Waals surface area contributed by atoms with Crippen LogP contribution in [-0.4, -0.2) is 6.29 Å². The van der Waals surface area contributed by atoms with Gasteiger partial charge in [-0.05, 0) is 29.7 Å². The third kappa shape index (κ3) is 3.74. The van der Waals surface area contributed by atoms with Gasteiger partial charge in [0.15, 0.2) is 0 Å². The lowest BCUT2D eigenvalue weighted by Crippen LogP contribution is -1.99. The van der Waals surface area contributed by atoms with E-state index in [1.165, 1.54) is 11.1 Å². The van der Waals surface area contributed by atoms with Crippen LogP contribution >= 0.6 is 0 Å². The lowest BCUT2D eigenvalue weighted by Gasteiger charge is -2.07. The quantitative estimate of drug-likeness (QED) is 0.782. The van der Waals surface area contributed by atoms with Gasteiger partial charge in [-0.2, -0.15) is 0 Å². The number of carbonyl (C=O) groups excluding carboxylic acids is 1. The van der Waals surface area contributed by atoms with Gasteiger partial charge in [-0.15, -0.1) is 0 Å². The van der Waals surface area contributed by atoms with Crippen molar-refractivity contribution in [3.8, 4) is 0 Å². The molecule has 2 aromatic rings. The minimum Gasteiger partial charge on any atom is -0.381 e. The number of rotatable bonds is 6. The normalized spacial score (nSPS) is 10.0. The summed E-state index contributed by atoms with van der Waals surface area (Å²) in [6, 6.07) is 18.6. The fourth-order valence-corrected chi connectivity index (χ4v) is 1.81. The van der Waals surface area contributed by atoms with Crippen LogP contribution in [0.1, 0.15) is 17.5 Å². The van der Waals surface area contributed by atoms with Gasteiger partial charge in [0.05, 0.1) is 0 Å². The predicted octanol–water partition coefficient (Wildman–Crippen LogP) is 3.43. The molecule has 0 aliphatic heterocycles. The molecule has 2 heteroatoms. The molecule has 0 aliphatic rings. The molecule has 2 nitrogen and oxygen atoms in total. The van der Waals surface area contributed by atoms with E-state index in [-0.39, 0.29) is 0 Å². The molecule has 0 aromatic heterocycles. The molecule has 0 radical (unpaired) electrons.